The van der Waals surface area contributed by atoms with E-state index in [1.54, 1.807) is 31.4 Å². The van der Waals surface area contributed by atoms with Crippen molar-refractivity contribution in [1.82, 2.24) is 0 Å². The average Bonchev–Trinajstić information content (AvgIpc) is 3.15. The van der Waals surface area contributed by atoms with Gasteiger partial charge < -0.3 is 9.47 Å². The lowest BCUT2D eigenvalue weighted by Gasteiger charge is -2.18. The molecular weight excluding hydrogens is 442 g/mol. The molecule has 0 saturated carbocycles. The first-order chi connectivity index (χ1) is 15.8. The van der Waals surface area contributed by atoms with E-state index in [0.29, 0.717) is 28.6 Å². The van der Waals surface area contributed by atoms with Gasteiger partial charge in [0.15, 0.2) is 0 Å². The summed E-state index contributed by atoms with van der Waals surface area (Å²) in [5.41, 5.74) is 2.00. The Morgan fingerprint density at radius 3 is 2.24 bits per heavy atom. The number of sulfonamides is 1. The van der Waals surface area contributed by atoms with Gasteiger partial charge in [-0.1, -0.05) is 30.3 Å². The summed E-state index contributed by atoms with van der Waals surface area (Å²) in [6.07, 6.45) is 1.63. The molecule has 0 saturated heterocycles. The molecule has 8 nitrogen and oxygen atoms in total. The molecule has 0 spiro atoms. The average molecular weight is 464 g/mol. The van der Waals surface area contributed by atoms with Crippen molar-refractivity contribution in [1.29, 1.82) is 0 Å². The molecule has 0 atom stereocenters. The number of carbonyl (C=O) groups is 1. The number of nitrogens with zero attached hydrogens (tertiary/aromatic N) is 2. The predicted molar refractivity (Wildman–Crippen MR) is 126 cm³/mol. The van der Waals surface area contributed by atoms with E-state index in [4.69, 9.17) is 14.6 Å². The van der Waals surface area contributed by atoms with Crippen LogP contribution in [0.5, 0.6) is 11.5 Å². The van der Waals surface area contributed by atoms with Gasteiger partial charge in [0, 0.05) is 11.1 Å². The predicted octanol–water partition coefficient (Wildman–Crippen LogP) is 3.19. The Morgan fingerprint density at radius 1 is 0.939 bits per heavy atom. The lowest BCUT2D eigenvalue weighted by atomic mass is 10.1. The molecule has 0 aromatic heterocycles. The van der Waals surface area contributed by atoms with E-state index in [1.807, 2.05) is 30.3 Å². The van der Waals surface area contributed by atoms with E-state index in [-0.39, 0.29) is 16.5 Å². The summed E-state index contributed by atoms with van der Waals surface area (Å²) in [6, 6.07) is 20.2. The second-order valence-electron chi connectivity index (χ2n) is 7.12. The van der Waals surface area contributed by atoms with Crippen LogP contribution in [0.15, 0.2) is 88.4 Å². The number of rotatable bonds is 6. The molecule has 4 rings (SSSR count). The molecule has 0 bridgehead atoms. The first-order valence-corrected chi connectivity index (χ1v) is 11.4. The Bertz CT molecular complexity index is 1360. The number of hydrogen-bond acceptors (Lipinski definition) is 6. The van der Waals surface area contributed by atoms with Gasteiger partial charge in [-0.3, -0.25) is 9.69 Å². The van der Waals surface area contributed by atoms with E-state index in [0.717, 1.165) is 5.56 Å². The monoisotopic (exact) mass is 463 g/mol. The number of amides is 1. The number of primary sulfonamides is 1. The summed E-state index contributed by atoms with van der Waals surface area (Å²) in [4.78, 5) is 19.5. The van der Waals surface area contributed by atoms with Gasteiger partial charge in [0.2, 0.25) is 10.0 Å². The molecule has 9 heteroatoms. The van der Waals surface area contributed by atoms with Crippen LogP contribution in [0.4, 0.5) is 5.69 Å². The molecule has 0 unspecified atom stereocenters. The fraction of sp³-hybridized carbons (Fsp3) is 0.0833. The summed E-state index contributed by atoms with van der Waals surface area (Å²) in [5, 5.41) is 5.20. The van der Waals surface area contributed by atoms with Crippen LogP contribution >= 0.6 is 0 Å². The van der Waals surface area contributed by atoms with Crippen LogP contribution in [0.3, 0.4) is 0 Å². The largest absolute Gasteiger partial charge is 0.497 e. The SMILES string of the molecule is COc1ccc(OC)c(/C=C2\N=C(c3ccccc3)N(c3ccc(S(N)(=O)=O)cc3)C2=O)c1. The first-order valence-electron chi connectivity index (χ1n) is 9.87. The zero-order valence-electron chi connectivity index (χ0n) is 17.9. The Hall–Kier alpha value is -3.95. The number of aliphatic imine (C=N–C) groups is 1. The van der Waals surface area contributed by atoms with Gasteiger partial charge in [0.25, 0.3) is 5.91 Å². The van der Waals surface area contributed by atoms with E-state index in [2.05, 4.69) is 4.99 Å². The zero-order chi connectivity index (χ0) is 23.6. The summed E-state index contributed by atoms with van der Waals surface area (Å²) in [5.74, 6) is 1.21. The maximum absolute atomic E-state index is 13.5. The first kappa shape index (κ1) is 22.3. The fourth-order valence-electron chi connectivity index (χ4n) is 3.42. The van der Waals surface area contributed by atoms with E-state index in [1.165, 1.54) is 36.3 Å². The molecule has 0 aliphatic carbocycles. The molecule has 1 heterocycles. The van der Waals surface area contributed by atoms with Gasteiger partial charge in [-0.2, -0.15) is 0 Å². The zero-order valence-corrected chi connectivity index (χ0v) is 18.7. The van der Waals surface area contributed by atoms with Crippen molar-refractivity contribution in [2.24, 2.45) is 10.1 Å². The normalized spacial score (nSPS) is 15.0. The van der Waals surface area contributed by atoms with Gasteiger partial charge in [-0.15, -0.1) is 0 Å². The van der Waals surface area contributed by atoms with Crippen molar-refractivity contribution in [3.05, 3.63) is 89.6 Å². The van der Waals surface area contributed by atoms with Gasteiger partial charge in [0.1, 0.15) is 23.0 Å². The number of benzene rings is 3. The standard InChI is InChI=1S/C24H21N3O5S/c1-31-19-10-13-22(32-2)17(14-19)15-21-24(28)27(23(26-21)16-6-4-3-5-7-16)18-8-11-20(12-9-18)33(25,29)30/h3-15H,1-2H3,(H2,25,29,30)/b21-15-. The van der Waals surface area contributed by atoms with Crippen LogP contribution in [0.2, 0.25) is 0 Å². The van der Waals surface area contributed by atoms with Crippen LogP contribution in [0.25, 0.3) is 6.08 Å². The number of methoxy groups -OCH3 is 2. The highest BCUT2D eigenvalue weighted by molar-refractivity contribution is 7.89. The van der Waals surface area contributed by atoms with Crippen LogP contribution in [-0.4, -0.2) is 34.4 Å². The minimum absolute atomic E-state index is 0.0482. The maximum Gasteiger partial charge on any atom is 0.282 e. The maximum atomic E-state index is 13.5. The molecule has 2 N–H and O–H groups in total. The summed E-state index contributed by atoms with van der Waals surface area (Å²) in [6.45, 7) is 0. The molecule has 1 aliphatic heterocycles. The van der Waals surface area contributed by atoms with Gasteiger partial charge in [-0.25, -0.2) is 18.5 Å². The second-order valence-corrected chi connectivity index (χ2v) is 8.68. The third-order valence-corrected chi connectivity index (χ3v) is 5.97. The molecular formula is C24H21N3O5S. The summed E-state index contributed by atoms with van der Waals surface area (Å²) in [7, 11) is -0.765. The number of ether oxygens (including phenoxy) is 2. The van der Waals surface area contributed by atoms with Crippen molar-refractivity contribution in [2.45, 2.75) is 4.90 Å². The number of carbonyl (C=O) groups excluding carboxylic acids is 1. The number of nitrogens with two attached hydrogens (primary N) is 1. The van der Waals surface area contributed by atoms with Gasteiger partial charge in [0.05, 0.1) is 24.8 Å². The van der Waals surface area contributed by atoms with Crippen LogP contribution in [0.1, 0.15) is 11.1 Å². The molecule has 1 aliphatic rings. The summed E-state index contributed by atoms with van der Waals surface area (Å²) >= 11 is 0. The van der Waals surface area contributed by atoms with E-state index >= 15 is 0 Å². The smallest absolute Gasteiger partial charge is 0.282 e. The van der Waals surface area contributed by atoms with Crippen molar-refractivity contribution < 1.29 is 22.7 Å². The molecule has 0 fully saturated rings. The summed E-state index contributed by atoms with van der Waals surface area (Å²) < 4.78 is 34.0. The van der Waals surface area contributed by atoms with Crippen LogP contribution in [-0.2, 0) is 14.8 Å². The van der Waals surface area contributed by atoms with E-state index in [9.17, 15) is 13.2 Å². The molecule has 3 aromatic carbocycles. The minimum atomic E-state index is -3.86. The topological polar surface area (TPSA) is 111 Å². The third kappa shape index (κ3) is 4.50. The van der Waals surface area contributed by atoms with Crippen molar-refractivity contribution in [2.75, 3.05) is 19.1 Å². The van der Waals surface area contributed by atoms with Crippen molar-refractivity contribution in [3.63, 3.8) is 0 Å². The van der Waals surface area contributed by atoms with Gasteiger partial charge >= 0.3 is 0 Å². The lowest BCUT2D eigenvalue weighted by Crippen LogP contribution is -2.32. The molecule has 33 heavy (non-hydrogen) atoms. The highest BCUT2D eigenvalue weighted by Gasteiger charge is 2.32. The fourth-order valence-corrected chi connectivity index (χ4v) is 3.94. The number of anilines is 1. The highest BCUT2D eigenvalue weighted by Crippen LogP contribution is 2.31. The Labute approximate surface area is 191 Å². The molecule has 1 amide bonds. The lowest BCUT2D eigenvalue weighted by molar-refractivity contribution is -0.113. The quantitative estimate of drug-likeness (QED) is 0.565. The molecule has 168 valence electrons. The third-order valence-electron chi connectivity index (χ3n) is 5.04. The molecule has 3 aromatic rings. The molecule has 0 radical (unpaired) electrons. The van der Waals surface area contributed by atoms with Crippen LogP contribution in [0, 0.1) is 0 Å². The second kappa shape index (κ2) is 8.89. The van der Waals surface area contributed by atoms with Crippen molar-refractivity contribution >= 4 is 33.5 Å². The highest BCUT2D eigenvalue weighted by atomic mass is 32.2. The van der Waals surface area contributed by atoms with Crippen LogP contribution < -0.4 is 19.5 Å². The van der Waals surface area contributed by atoms with Gasteiger partial charge in [-0.05, 0) is 48.5 Å². The van der Waals surface area contributed by atoms with Crippen molar-refractivity contribution in [3.8, 4) is 11.5 Å². The minimum Gasteiger partial charge on any atom is -0.497 e. The Kier molecular flexibility index (Phi) is 5.99. The Morgan fingerprint density at radius 2 is 1.64 bits per heavy atom. The number of amidine groups is 1. The number of hydrogen-bond donors (Lipinski definition) is 1. The Balaban J connectivity index is 1.83. The van der Waals surface area contributed by atoms with E-state index < -0.39 is 10.0 Å².